The van der Waals surface area contributed by atoms with E-state index in [0.717, 1.165) is 49.6 Å². The largest absolute Gasteiger partial charge is 0.444 e. The molecule has 154 valence electrons. The van der Waals surface area contributed by atoms with E-state index >= 15 is 0 Å². The predicted octanol–water partition coefficient (Wildman–Crippen LogP) is 3.83. The van der Waals surface area contributed by atoms with Crippen molar-refractivity contribution in [2.24, 2.45) is 0 Å². The van der Waals surface area contributed by atoms with Crippen LogP contribution in [0.4, 0.5) is 10.6 Å². The van der Waals surface area contributed by atoms with E-state index in [1.54, 1.807) is 6.20 Å². The smallest absolute Gasteiger partial charge is 0.410 e. The number of amides is 1. The minimum atomic E-state index is -0.482. The second-order valence-corrected chi connectivity index (χ2v) is 8.91. The third kappa shape index (κ3) is 4.33. The number of hydrogen-bond donors (Lipinski definition) is 0. The van der Waals surface area contributed by atoms with Gasteiger partial charge >= 0.3 is 6.09 Å². The lowest BCUT2D eigenvalue weighted by Gasteiger charge is -2.31. The van der Waals surface area contributed by atoms with Gasteiger partial charge in [0.25, 0.3) is 0 Å². The Kier molecular flexibility index (Phi) is 5.15. The van der Waals surface area contributed by atoms with Crippen LogP contribution in [0.5, 0.6) is 0 Å². The molecule has 2 saturated heterocycles. The summed E-state index contributed by atoms with van der Waals surface area (Å²) in [5.41, 5.74) is 1.20. The number of aromatic nitrogens is 3. The van der Waals surface area contributed by atoms with Crippen LogP contribution in [0.3, 0.4) is 0 Å². The summed E-state index contributed by atoms with van der Waals surface area (Å²) in [5, 5.41) is 0. The minimum Gasteiger partial charge on any atom is -0.444 e. The van der Waals surface area contributed by atoms with Crippen molar-refractivity contribution in [3.63, 3.8) is 0 Å². The quantitative estimate of drug-likeness (QED) is 0.770. The highest BCUT2D eigenvalue weighted by molar-refractivity contribution is 5.70. The lowest BCUT2D eigenvalue weighted by molar-refractivity contribution is 0.0163. The van der Waals surface area contributed by atoms with E-state index in [0.29, 0.717) is 5.82 Å². The molecule has 2 fully saturated rings. The van der Waals surface area contributed by atoms with Crippen LogP contribution in [0, 0.1) is 6.92 Å². The molecule has 0 aromatic carbocycles. The molecule has 7 heteroatoms. The zero-order valence-electron chi connectivity index (χ0n) is 17.6. The number of anilines is 1. The van der Waals surface area contributed by atoms with Crippen LogP contribution in [-0.2, 0) is 4.74 Å². The zero-order valence-corrected chi connectivity index (χ0v) is 17.6. The average Bonchev–Trinajstić information content (AvgIpc) is 2.95. The van der Waals surface area contributed by atoms with Crippen LogP contribution >= 0.6 is 0 Å². The van der Waals surface area contributed by atoms with Gasteiger partial charge < -0.3 is 14.5 Å². The van der Waals surface area contributed by atoms with Crippen molar-refractivity contribution in [3.8, 4) is 11.5 Å². The van der Waals surface area contributed by atoms with Crippen molar-refractivity contribution in [1.29, 1.82) is 0 Å². The average molecular weight is 396 g/mol. The van der Waals surface area contributed by atoms with Gasteiger partial charge in [-0.25, -0.2) is 14.8 Å². The minimum absolute atomic E-state index is 0.144. The Labute approximate surface area is 172 Å². The number of aryl methyl sites for hydroxylation is 1. The summed E-state index contributed by atoms with van der Waals surface area (Å²) in [4.78, 5) is 30.8. The maximum Gasteiger partial charge on any atom is 0.410 e. The summed E-state index contributed by atoms with van der Waals surface area (Å²) < 4.78 is 5.69. The Hall–Kier alpha value is -2.70. The number of ether oxygens (including phenoxy) is 1. The second kappa shape index (κ2) is 7.61. The van der Waals surface area contributed by atoms with E-state index < -0.39 is 5.60 Å². The maximum atomic E-state index is 12.8. The summed E-state index contributed by atoms with van der Waals surface area (Å²) in [7, 11) is 0. The molecule has 4 heterocycles. The van der Waals surface area contributed by atoms with E-state index in [1.807, 2.05) is 56.9 Å². The molecule has 2 atom stereocenters. The predicted molar refractivity (Wildman–Crippen MR) is 112 cm³/mol. The summed E-state index contributed by atoms with van der Waals surface area (Å²) in [6, 6.07) is 8.15. The fraction of sp³-hybridized carbons (Fsp3) is 0.545. The van der Waals surface area contributed by atoms with Crippen molar-refractivity contribution in [1.82, 2.24) is 19.9 Å². The van der Waals surface area contributed by atoms with Crippen molar-refractivity contribution >= 4 is 11.9 Å². The van der Waals surface area contributed by atoms with Crippen LogP contribution in [0.15, 0.2) is 30.5 Å². The number of fused-ring (bicyclic) bond motifs is 2. The standard InChI is InChI=1S/C22H29N5O2/c1-15-13-19(25-20(24-15)18-7-5-6-11-23-18)26-12-10-16-8-9-17(14-26)27(16)21(28)29-22(2,3)4/h5-7,11,13,16-17H,8-10,12,14H2,1-4H3. The number of pyridine rings is 1. The molecule has 2 aliphatic heterocycles. The molecule has 2 aliphatic rings. The molecule has 0 radical (unpaired) electrons. The van der Waals surface area contributed by atoms with E-state index in [1.165, 1.54) is 0 Å². The van der Waals surface area contributed by atoms with Crippen molar-refractivity contribution in [3.05, 3.63) is 36.2 Å². The van der Waals surface area contributed by atoms with Gasteiger partial charge in [0.15, 0.2) is 5.82 Å². The molecule has 0 N–H and O–H groups in total. The first-order chi connectivity index (χ1) is 13.8. The van der Waals surface area contributed by atoms with Gasteiger partial charge in [0.2, 0.25) is 0 Å². The molecule has 2 aromatic rings. The van der Waals surface area contributed by atoms with Crippen molar-refractivity contribution < 1.29 is 9.53 Å². The first kappa shape index (κ1) is 19.6. The van der Waals surface area contributed by atoms with E-state index in [9.17, 15) is 4.79 Å². The summed E-state index contributed by atoms with van der Waals surface area (Å²) >= 11 is 0. The number of hydrogen-bond acceptors (Lipinski definition) is 6. The molecule has 29 heavy (non-hydrogen) atoms. The van der Waals surface area contributed by atoms with Crippen LogP contribution in [0.2, 0.25) is 0 Å². The lowest BCUT2D eigenvalue weighted by Crippen LogP contribution is -2.45. The topological polar surface area (TPSA) is 71.5 Å². The second-order valence-electron chi connectivity index (χ2n) is 8.91. The van der Waals surface area contributed by atoms with Crippen LogP contribution in [-0.4, -0.2) is 56.7 Å². The van der Waals surface area contributed by atoms with E-state index in [4.69, 9.17) is 9.72 Å². The first-order valence-corrected chi connectivity index (χ1v) is 10.3. The molecule has 2 unspecified atom stereocenters. The maximum absolute atomic E-state index is 12.8. The molecule has 0 spiro atoms. The van der Waals surface area contributed by atoms with Gasteiger partial charge in [-0.05, 0) is 59.1 Å². The fourth-order valence-corrected chi connectivity index (χ4v) is 4.22. The molecule has 2 aromatic heterocycles. The highest BCUT2D eigenvalue weighted by atomic mass is 16.6. The van der Waals surface area contributed by atoms with E-state index in [2.05, 4.69) is 14.9 Å². The Morgan fingerprint density at radius 1 is 1.14 bits per heavy atom. The van der Waals surface area contributed by atoms with E-state index in [-0.39, 0.29) is 18.2 Å². The highest BCUT2D eigenvalue weighted by Crippen LogP contribution is 2.33. The number of carbonyl (C=O) groups is 1. The normalized spacial score (nSPS) is 21.8. The Morgan fingerprint density at radius 3 is 2.66 bits per heavy atom. The number of rotatable bonds is 2. The Morgan fingerprint density at radius 2 is 1.93 bits per heavy atom. The third-order valence-electron chi connectivity index (χ3n) is 5.45. The molecular weight excluding hydrogens is 366 g/mol. The Balaban J connectivity index is 1.57. The van der Waals surface area contributed by atoms with Gasteiger partial charge in [-0.15, -0.1) is 0 Å². The van der Waals surface area contributed by atoms with Crippen molar-refractivity contribution in [2.45, 2.75) is 64.6 Å². The van der Waals surface area contributed by atoms with Gasteiger partial charge in [0.1, 0.15) is 17.1 Å². The molecular formula is C22H29N5O2. The van der Waals surface area contributed by atoms with Crippen LogP contribution < -0.4 is 4.90 Å². The van der Waals surface area contributed by atoms with Gasteiger partial charge in [-0.2, -0.15) is 0 Å². The molecule has 1 amide bonds. The molecule has 2 bridgehead atoms. The molecule has 0 saturated carbocycles. The summed E-state index contributed by atoms with van der Waals surface area (Å²) in [6.45, 7) is 9.35. The van der Waals surface area contributed by atoms with Gasteiger partial charge in [-0.3, -0.25) is 4.98 Å². The van der Waals surface area contributed by atoms with Crippen molar-refractivity contribution in [2.75, 3.05) is 18.0 Å². The van der Waals surface area contributed by atoms with Gasteiger partial charge in [-0.1, -0.05) is 6.07 Å². The number of carbonyl (C=O) groups excluding carboxylic acids is 1. The zero-order chi connectivity index (χ0) is 20.6. The van der Waals surface area contributed by atoms with Gasteiger partial charge in [0, 0.05) is 37.1 Å². The third-order valence-corrected chi connectivity index (χ3v) is 5.45. The van der Waals surface area contributed by atoms with Gasteiger partial charge in [0.05, 0.1) is 6.04 Å². The highest BCUT2D eigenvalue weighted by Gasteiger charge is 2.42. The first-order valence-electron chi connectivity index (χ1n) is 10.3. The summed E-state index contributed by atoms with van der Waals surface area (Å²) in [6.07, 6.45) is 4.51. The monoisotopic (exact) mass is 395 g/mol. The summed E-state index contributed by atoms with van der Waals surface area (Å²) in [5.74, 6) is 1.54. The molecule has 7 nitrogen and oxygen atoms in total. The van der Waals surface area contributed by atoms with Crippen LogP contribution in [0.25, 0.3) is 11.5 Å². The Bertz CT molecular complexity index is 881. The fourth-order valence-electron chi connectivity index (χ4n) is 4.22. The van der Waals surface area contributed by atoms with Crippen LogP contribution in [0.1, 0.15) is 45.7 Å². The number of nitrogens with zero attached hydrogens (tertiary/aromatic N) is 5. The molecule has 4 rings (SSSR count). The molecule has 0 aliphatic carbocycles. The lowest BCUT2D eigenvalue weighted by atomic mass is 10.1. The SMILES string of the molecule is Cc1cc(N2CCC3CCC(C2)N3C(=O)OC(C)(C)C)nc(-c2ccccn2)n1.